The predicted molar refractivity (Wildman–Crippen MR) is 73.4 cm³/mol. The van der Waals surface area contributed by atoms with Crippen LogP contribution in [-0.4, -0.2) is 25.1 Å². The predicted octanol–water partition coefficient (Wildman–Crippen LogP) is 2.60. The fraction of sp³-hybridized carbons (Fsp3) is 0. The summed E-state index contributed by atoms with van der Waals surface area (Å²) in [6, 6.07) is 9.70. The van der Waals surface area contributed by atoms with Crippen LogP contribution in [0.2, 0.25) is 0 Å². The van der Waals surface area contributed by atoms with Gasteiger partial charge in [0.05, 0.1) is 0 Å². The van der Waals surface area contributed by atoms with E-state index in [1.807, 2.05) is 0 Å². The van der Waals surface area contributed by atoms with Gasteiger partial charge in [0.1, 0.15) is 6.29 Å². The lowest BCUT2D eigenvalue weighted by Crippen LogP contribution is -2.00. The first-order valence-corrected chi connectivity index (χ1v) is 5.83. The van der Waals surface area contributed by atoms with Crippen LogP contribution in [0, 0.1) is 0 Å². The third-order valence-electron chi connectivity index (χ3n) is 3.04. The zero-order chi connectivity index (χ0) is 14.5. The zero-order valence-corrected chi connectivity index (χ0v) is 10.4. The fourth-order valence-corrected chi connectivity index (χ4v) is 2.01. The lowest BCUT2D eigenvalue weighted by molar-refractivity contribution is 0.108. The Morgan fingerprint density at radius 3 is 1.75 bits per heavy atom. The van der Waals surface area contributed by atoms with E-state index in [0.717, 1.165) is 6.29 Å². The summed E-state index contributed by atoms with van der Waals surface area (Å²) in [5, 5.41) is 0. The van der Waals surface area contributed by atoms with E-state index in [1.54, 1.807) is 30.3 Å². The molecule has 0 spiro atoms. The van der Waals surface area contributed by atoms with Crippen LogP contribution in [-0.2, 0) is 0 Å². The number of benzene rings is 2. The number of hydrogen-bond acceptors (Lipinski definition) is 4. The van der Waals surface area contributed by atoms with E-state index >= 15 is 0 Å². The molecule has 0 aliphatic heterocycles. The summed E-state index contributed by atoms with van der Waals surface area (Å²) in [5.41, 5.74) is 2.18. The topological polar surface area (TPSA) is 68.3 Å². The second-order valence-electron chi connectivity index (χ2n) is 4.12. The van der Waals surface area contributed by atoms with Crippen molar-refractivity contribution in [1.82, 2.24) is 0 Å². The standard InChI is InChI=1S/C16H10O4/c17-7-11-1-3-12(4-2-11)14-6-5-13(8-18)15(9-19)16(14)10-20/h1-10H. The van der Waals surface area contributed by atoms with Crippen LogP contribution in [0.3, 0.4) is 0 Å². The first kappa shape index (κ1) is 13.5. The molecule has 0 saturated carbocycles. The molecule has 0 aromatic heterocycles. The van der Waals surface area contributed by atoms with Crippen molar-refractivity contribution in [2.45, 2.75) is 0 Å². The molecule has 2 aromatic carbocycles. The molecular weight excluding hydrogens is 256 g/mol. The van der Waals surface area contributed by atoms with Gasteiger partial charge >= 0.3 is 0 Å². The summed E-state index contributed by atoms with van der Waals surface area (Å²) in [4.78, 5) is 43.8. The molecular formula is C16H10O4. The van der Waals surface area contributed by atoms with Gasteiger partial charge in [-0.25, -0.2) is 0 Å². The first-order chi connectivity index (χ1) is 9.74. The Kier molecular flexibility index (Phi) is 3.96. The lowest BCUT2D eigenvalue weighted by Gasteiger charge is -2.09. The molecule has 4 heteroatoms. The van der Waals surface area contributed by atoms with E-state index in [1.165, 1.54) is 6.07 Å². The molecule has 0 aliphatic carbocycles. The van der Waals surface area contributed by atoms with Crippen molar-refractivity contribution in [3.05, 3.63) is 58.7 Å². The molecule has 0 heterocycles. The monoisotopic (exact) mass is 266 g/mol. The maximum atomic E-state index is 11.2. The third-order valence-corrected chi connectivity index (χ3v) is 3.04. The normalized spacial score (nSPS) is 9.80. The van der Waals surface area contributed by atoms with Gasteiger partial charge in [-0.3, -0.25) is 19.2 Å². The molecule has 0 fully saturated rings. The SMILES string of the molecule is O=Cc1ccc(-c2ccc(C=O)c(C=O)c2C=O)cc1. The van der Waals surface area contributed by atoms with Gasteiger partial charge in [0, 0.05) is 22.3 Å². The van der Waals surface area contributed by atoms with Crippen LogP contribution in [0.15, 0.2) is 36.4 Å². The highest BCUT2D eigenvalue weighted by Crippen LogP contribution is 2.26. The molecule has 0 radical (unpaired) electrons. The molecule has 0 saturated heterocycles. The van der Waals surface area contributed by atoms with E-state index in [-0.39, 0.29) is 16.7 Å². The number of aldehydes is 4. The zero-order valence-electron chi connectivity index (χ0n) is 10.4. The molecule has 2 rings (SSSR count). The van der Waals surface area contributed by atoms with Gasteiger partial charge in [-0.15, -0.1) is 0 Å². The Morgan fingerprint density at radius 2 is 1.25 bits per heavy atom. The molecule has 0 N–H and O–H groups in total. The maximum absolute atomic E-state index is 11.2. The molecule has 98 valence electrons. The summed E-state index contributed by atoms with van der Waals surface area (Å²) in [5.74, 6) is 0. The van der Waals surface area contributed by atoms with E-state index in [0.29, 0.717) is 35.5 Å². The van der Waals surface area contributed by atoms with Crippen LogP contribution in [0.1, 0.15) is 41.4 Å². The minimum Gasteiger partial charge on any atom is -0.298 e. The largest absolute Gasteiger partial charge is 0.298 e. The Balaban J connectivity index is 2.66. The highest BCUT2D eigenvalue weighted by Gasteiger charge is 2.13. The Bertz CT molecular complexity index is 684. The van der Waals surface area contributed by atoms with Gasteiger partial charge in [-0.2, -0.15) is 0 Å². The third kappa shape index (κ3) is 2.31. The van der Waals surface area contributed by atoms with Gasteiger partial charge in [-0.1, -0.05) is 36.4 Å². The summed E-state index contributed by atoms with van der Waals surface area (Å²) >= 11 is 0. The molecule has 0 aliphatic rings. The first-order valence-electron chi connectivity index (χ1n) is 5.83. The van der Waals surface area contributed by atoms with Crippen LogP contribution in [0.25, 0.3) is 11.1 Å². The van der Waals surface area contributed by atoms with E-state index in [2.05, 4.69) is 0 Å². The summed E-state index contributed by atoms with van der Waals surface area (Å²) in [6.07, 6.45) is 2.31. The average molecular weight is 266 g/mol. The van der Waals surface area contributed by atoms with Crippen LogP contribution < -0.4 is 0 Å². The lowest BCUT2D eigenvalue weighted by atomic mass is 9.93. The van der Waals surface area contributed by atoms with E-state index < -0.39 is 0 Å². The van der Waals surface area contributed by atoms with Crippen molar-refractivity contribution in [3.8, 4) is 11.1 Å². The Labute approximate surface area is 115 Å². The highest BCUT2D eigenvalue weighted by molar-refractivity contribution is 6.03. The molecule has 0 atom stereocenters. The molecule has 0 amide bonds. The van der Waals surface area contributed by atoms with E-state index in [9.17, 15) is 19.2 Å². The van der Waals surface area contributed by atoms with Gasteiger partial charge in [0.15, 0.2) is 18.9 Å². The minimum atomic E-state index is 0.0759. The van der Waals surface area contributed by atoms with Gasteiger partial charge < -0.3 is 0 Å². The van der Waals surface area contributed by atoms with Crippen LogP contribution in [0.5, 0.6) is 0 Å². The molecule has 0 unspecified atom stereocenters. The summed E-state index contributed by atoms with van der Waals surface area (Å²) in [7, 11) is 0. The smallest absolute Gasteiger partial charge is 0.151 e. The van der Waals surface area contributed by atoms with Gasteiger partial charge in [0.25, 0.3) is 0 Å². The average Bonchev–Trinajstić information content (AvgIpc) is 2.53. The number of hydrogen-bond donors (Lipinski definition) is 0. The van der Waals surface area contributed by atoms with Crippen LogP contribution in [0.4, 0.5) is 0 Å². The van der Waals surface area contributed by atoms with Crippen molar-refractivity contribution >= 4 is 25.1 Å². The van der Waals surface area contributed by atoms with Gasteiger partial charge in [-0.05, 0) is 11.1 Å². The molecule has 0 bridgehead atoms. The molecule has 4 nitrogen and oxygen atoms in total. The number of carbonyl (C=O) groups is 4. The van der Waals surface area contributed by atoms with Crippen molar-refractivity contribution in [2.24, 2.45) is 0 Å². The van der Waals surface area contributed by atoms with Crippen LogP contribution >= 0.6 is 0 Å². The maximum Gasteiger partial charge on any atom is 0.151 e. The number of rotatable bonds is 5. The van der Waals surface area contributed by atoms with Crippen molar-refractivity contribution in [3.63, 3.8) is 0 Å². The van der Waals surface area contributed by atoms with Crippen molar-refractivity contribution in [1.29, 1.82) is 0 Å². The number of carbonyl (C=O) groups excluding carboxylic acids is 4. The van der Waals surface area contributed by atoms with E-state index in [4.69, 9.17) is 0 Å². The Morgan fingerprint density at radius 1 is 0.600 bits per heavy atom. The van der Waals surface area contributed by atoms with Crippen molar-refractivity contribution in [2.75, 3.05) is 0 Å². The minimum absolute atomic E-state index is 0.0759. The summed E-state index contributed by atoms with van der Waals surface area (Å²) < 4.78 is 0. The highest BCUT2D eigenvalue weighted by atomic mass is 16.1. The van der Waals surface area contributed by atoms with Gasteiger partial charge in [0.2, 0.25) is 0 Å². The van der Waals surface area contributed by atoms with Crippen molar-refractivity contribution < 1.29 is 19.2 Å². The quantitative estimate of drug-likeness (QED) is 0.780. The second kappa shape index (κ2) is 5.84. The molecule has 2 aromatic rings. The fourth-order valence-electron chi connectivity index (χ4n) is 2.01. The summed E-state index contributed by atoms with van der Waals surface area (Å²) in [6.45, 7) is 0. The Hall–Kier alpha value is -2.88. The second-order valence-corrected chi connectivity index (χ2v) is 4.12. The molecule has 20 heavy (non-hydrogen) atoms.